The fourth-order valence-corrected chi connectivity index (χ4v) is 1.46. The molecule has 0 heterocycles. The van der Waals surface area contributed by atoms with Gasteiger partial charge in [-0.15, -0.1) is 12.4 Å². The van der Waals surface area contributed by atoms with Crippen LogP contribution in [0, 0.1) is 13.8 Å². The Bertz CT molecular complexity index is 348. The second-order valence-electron chi connectivity index (χ2n) is 3.04. The normalized spacial score (nSPS) is 9.36. The van der Waals surface area contributed by atoms with Gasteiger partial charge in [0.2, 0.25) is 0 Å². The predicted octanol–water partition coefficient (Wildman–Crippen LogP) is 3.01. The van der Waals surface area contributed by atoms with Crippen LogP contribution in [0.5, 0.6) is 0 Å². The number of carboxylic acid groups (broad SMARTS) is 1. The number of rotatable bonds is 2. The van der Waals surface area contributed by atoms with Gasteiger partial charge in [-0.2, -0.15) is 0 Å². The highest BCUT2D eigenvalue weighted by atomic mass is 35.5. The van der Waals surface area contributed by atoms with Crippen molar-refractivity contribution in [2.75, 3.05) is 0 Å². The van der Waals surface area contributed by atoms with E-state index < -0.39 is 5.97 Å². The highest BCUT2D eigenvalue weighted by Gasteiger charge is 2.09. The second kappa shape index (κ2) is 5.23. The van der Waals surface area contributed by atoms with Gasteiger partial charge in [-0.05, 0) is 36.6 Å². The zero-order valence-corrected chi connectivity index (χ0v) is 9.58. The van der Waals surface area contributed by atoms with Crippen LogP contribution in [0.1, 0.15) is 16.7 Å². The first-order chi connectivity index (χ1) is 6.02. The maximum Gasteiger partial charge on any atom is 0.307 e. The van der Waals surface area contributed by atoms with Crippen molar-refractivity contribution in [2.24, 2.45) is 0 Å². The molecule has 0 amide bonds. The van der Waals surface area contributed by atoms with Gasteiger partial charge >= 0.3 is 5.97 Å². The largest absolute Gasteiger partial charge is 0.481 e. The van der Waals surface area contributed by atoms with E-state index in [1.54, 1.807) is 6.07 Å². The smallest absolute Gasteiger partial charge is 0.307 e. The van der Waals surface area contributed by atoms with Crippen molar-refractivity contribution in [3.05, 3.63) is 33.8 Å². The Balaban J connectivity index is 0.00000169. The Labute approximate surface area is 94.3 Å². The summed E-state index contributed by atoms with van der Waals surface area (Å²) in [6, 6.07) is 3.63. The summed E-state index contributed by atoms with van der Waals surface area (Å²) < 4.78 is 0. The minimum absolute atomic E-state index is 0. The molecule has 14 heavy (non-hydrogen) atoms. The molecule has 1 aromatic carbocycles. The molecule has 4 heteroatoms. The van der Waals surface area contributed by atoms with E-state index in [1.165, 1.54) is 0 Å². The summed E-state index contributed by atoms with van der Waals surface area (Å²) in [5.74, 6) is -0.825. The van der Waals surface area contributed by atoms with Gasteiger partial charge in [-0.25, -0.2) is 0 Å². The minimum Gasteiger partial charge on any atom is -0.481 e. The molecule has 0 bridgehead atoms. The Morgan fingerprint density at radius 1 is 1.43 bits per heavy atom. The van der Waals surface area contributed by atoms with E-state index in [0.29, 0.717) is 5.02 Å². The molecule has 2 nitrogen and oxygen atoms in total. The summed E-state index contributed by atoms with van der Waals surface area (Å²) in [5, 5.41) is 9.29. The highest BCUT2D eigenvalue weighted by Crippen LogP contribution is 2.22. The highest BCUT2D eigenvalue weighted by molar-refractivity contribution is 6.31. The molecule has 0 aliphatic carbocycles. The van der Waals surface area contributed by atoms with E-state index in [-0.39, 0.29) is 18.8 Å². The van der Waals surface area contributed by atoms with E-state index >= 15 is 0 Å². The Kier molecular flexibility index (Phi) is 4.95. The quantitative estimate of drug-likeness (QED) is 0.855. The Morgan fingerprint density at radius 3 is 2.50 bits per heavy atom. The lowest BCUT2D eigenvalue weighted by Crippen LogP contribution is -2.04. The lowest BCUT2D eigenvalue weighted by Gasteiger charge is -2.08. The summed E-state index contributed by atoms with van der Waals surface area (Å²) in [5.41, 5.74) is 2.66. The van der Waals surface area contributed by atoms with E-state index in [4.69, 9.17) is 16.7 Å². The monoisotopic (exact) mass is 234 g/mol. The summed E-state index contributed by atoms with van der Waals surface area (Å²) in [4.78, 5) is 10.5. The molecule has 0 aromatic heterocycles. The number of aryl methyl sites for hydroxylation is 1. The van der Waals surface area contributed by atoms with Crippen molar-refractivity contribution in [3.63, 3.8) is 0 Å². The summed E-state index contributed by atoms with van der Waals surface area (Å²) in [6.07, 6.45) is 0.0399. The molecule has 0 aliphatic heterocycles. The average molecular weight is 235 g/mol. The van der Waals surface area contributed by atoms with E-state index in [1.807, 2.05) is 19.9 Å². The number of hydrogen-bond acceptors (Lipinski definition) is 1. The third-order valence-corrected chi connectivity index (χ3v) is 2.50. The van der Waals surface area contributed by atoms with Gasteiger partial charge in [0.25, 0.3) is 0 Å². The summed E-state index contributed by atoms with van der Waals surface area (Å²) in [7, 11) is 0. The summed E-state index contributed by atoms with van der Waals surface area (Å²) >= 11 is 5.88. The average Bonchev–Trinajstić information content (AvgIpc) is 2.05. The van der Waals surface area contributed by atoms with Crippen LogP contribution >= 0.6 is 24.0 Å². The first-order valence-electron chi connectivity index (χ1n) is 3.98. The SMILES string of the molecule is Cc1ccc(Cl)c(C)c1CC(=O)O.Cl. The number of aliphatic carboxylic acids is 1. The standard InChI is InChI=1S/C10H11ClO2.ClH/c1-6-3-4-9(11)7(2)8(6)5-10(12)13;/h3-4H,5H2,1-2H3,(H,12,13);1H. The van der Waals surface area contributed by atoms with Crippen molar-refractivity contribution < 1.29 is 9.90 Å². The Hall–Kier alpha value is -0.730. The van der Waals surface area contributed by atoms with E-state index in [9.17, 15) is 4.79 Å². The first kappa shape index (κ1) is 13.3. The molecule has 0 fully saturated rings. The minimum atomic E-state index is -0.825. The van der Waals surface area contributed by atoms with Gasteiger partial charge in [0.15, 0.2) is 0 Å². The van der Waals surface area contributed by atoms with Crippen LogP contribution in [0.2, 0.25) is 5.02 Å². The molecule has 0 saturated heterocycles. The number of hydrogen-bond donors (Lipinski definition) is 1. The van der Waals surface area contributed by atoms with Crippen molar-refractivity contribution in [1.82, 2.24) is 0 Å². The zero-order valence-electron chi connectivity index (χ0n) is 8.00. The van der Waals surface area contributed by atoms with Crippen LogP contribution in [0.4, 0.5) is 0 Å². The molecule has 0 unspecified atom stereocenters. The molecular weight excluding hydrogens is 223 g/mol. The maximum absolute atomic E-state index is 10.5. The molecule has 1 N–H and O–H groups in total. The molecule has 1 aromatic rings. The molecule has 0 aliphatic rings. The van der Waals surface area contributed by atoms with Crippen molar-refractivity contribution >= 4 is 30.0 Å². The van der Waals surface area contributed by atoms with Gasteiger partial charge in [0, 0.05) is 5.02 Å². The van der Waals surface area contributed by atoms with Crippen molar-refractivity contribution in [1.29, 1.82) is 0 Å². The van der Waals surface area contributed by atoms with Gasteiger partial charge in [-0.1, -0.05) is 17.7 Å². The number of benzene rings is 1. The van der Waals surface area contributed by atoms with E-state index in [0.717, 1.165) is 16.7 Å². The van der Waals surface area contributed by atoms with Gasteiger partial charge in [0.05, 0.1) is 6.42 Å². The zero-order chi connectivity index (χ0) is 10.0. The second-order valence-corrected chi connectivity index (χ2v) is 3.45. The molecule has 78 valence electrons. The van der Waals surface area contributed by atoms with Crippen LogP contribution in [0.3, 0.4) is 0 Å². The third kappa shape index (κ3) is 2.89. The molecule has 1 rings (SSSR count). The van der Waals surface area contributed by atoms with Crippen LogP contribution in [0.25, 0.3) is 0 Å². The topological polar surface area (TPSA) is 37.3 Å². The van der Waals surface area contributed by atoms with Crippen LogP contribution in [0.15, 0.2) is 12.1 Å². The fraction of sp³-hybridized carbons (Fsp3) is 0.300. The first-order valence-corrected chi connectivity index (χ1v) is 4.36. The number of halogens is 2. The third-order valence-electron chi connectivity index (χ3n) is 2.09. The van der Waals surface area contributed by atoms with Gasteiger partial charge in [-0.3, -0.25) is 4.79 Å². The predicted molar refractivity (Wildman–Crippen MR) is 59.5 cm³/mol. The van der Waals surface area contributed by atoms with Crippen LogP contribution in [-0.2, 0) is 11.2 Å². The van der Waals surface area contributed by atoms with E-state index in [2.05, 4.69) is 0 Å². The Morgan fingerprint density at radius 2 is 2.00 bits per heavy atom. The van der Waals surface area contributed by atoms with Crippen LogP contribution in [-0.4, -0.2) is 11.1 Å². The fourth-order valence-electron chi connectivity index (χ4n) is 1.29. The van der Waals surface area contributed by atoms with Gasteiger partial charge < -0.3 is 5.11 Å². The molecule has 0 radical (unpaired) electrons. The lowest BCUT2D eigenvalue weighted by atomic mass is 10.0. The lowest BCUT2D eigenvalue weighted by molar-refractivity contribution is -0.136. The molecular formula is C10H12Cl2O2. The molecule has 0 spiro atoms. The van der Waals surface area contributed by atoms with Crippen molar-refractivity contribution in [3.8, 4) is 0 Å². The summed E-state index contributed by atoms with van der Waals surface area (Å²) in [6.45, 7) is 3.73. The number of carbonyl (C=O) groups is 1. The van der Waals surface area contributed by atoms with Crippen LogP contribution < -0.4 is 0 Å². The van der Waals surface area contributed by atoms with Crippen molar-refractivity contribution in [2.45, 2.75) is 20.3 Å². The number of carboxylic acids is 1. The maximum atomic E-state index is 10.5. The molecule has 0 saturated carbocycles. The van der Waals surface area contributed by atoms with Gasteiger partial charge in [0.1, 0.15) is 0 Å². The molecule has 0 atom stereocenters.